The Kier molecular flexibility index (Phi) is 7.03. The minimum absolute atomic E-state index is 0.187. The average molecular weight is 305 g/mol. The predicted molar refractivity (Wildman–Crippen MR) is 89.3 cm³/mol. The van der Waals surface area contributed by atoms with Gasteiger partial charge in [-0.1, -0.05) is 24.6 Å². The number of aliphatic hydroxyl groups is 1. The Morgan fingerprint density at radius 2 is 2.09 bits per heavy atom. The van der Waals surface area contributed by atoms with E-state index < -0.39 is 0 Å². The molecule has 0 saturated heterocycles. The maximum absolute atomic E-state index is 9.84. The number of para-hydroxylation sites is 1. The highest BCUT2D eigenvalue weighted by Gasteiger charge is 2.24. The van der Waals surface area contributed by atoms with Crippen LogP contribution in [0, 0.1) is 5.92 Å². The molecule has 1 fully saturated rings. The van der Waals surface area contributed by atoms with E-state index in [1.165, 1.54) is 0 Å². The van der Waals surface area contributed by atoms with Crippen LogP contribution < -0.4 is 15.4 Å². The first-order valence-electron chi connectivity index (χ1n) is 8.17. The molecule has 0 aromatic heterocycles. The van der Waals surface area contributed by atoms with E-state index in [4.69, 9.17) is 4.74 Å². The molecule has 2 unspecified atom stereocenters. The zero-order chi connectivity index (χ0) is 15.6. The highest BCUT2D eigenvalue weighted by Crippen LogP contribution is 2.25. The molecule has 1 aliphatic rings. The molecule has 0 radical (unpaired) electrons. The summed E-state index contributed by atoms with van der Waals surface area (Å²) in [5, 5.41) is 16.3. The Hall–Kier alpha value is -1.75. The van der Waals surface area contributed by atoms with Gasteiger partial charge in [-0.3, -0.25) is 4.99 Å². The van der Waals surface area contributed by atoms with E-state index in [1.807, 2.05) is 37.3 Å². The summed E-state index contributed by atoms with van der Waals surface area (Å²) in [6.45, 7) is 4.81. The summed E-state index contributed by atoms with van der Waals surface area (Å²) in [6.07, 6.45) is 2.90. The molecule has 1 aromatic carbocycles. The second-order valence-electron chi connectivity index (χ2n) is 5.57. The number of hydrogen-bond donors (Lipinski definition) is 3. The lowest BCUT2D eigenvalue weighted by atomic mass is 10.1. The number of ether oxygens (including phenoxy) is 1. The molecule has 1 saturated carbocycles. The van der Waals surface area contributed by atoms with Crippen molar-refractivity contribution in [2.45, 2.75) is 32.3 Å². The summed E-state index contributed by atoms with van der Waals surface area (Å²) in [5.41, 5.74) is 0. The second-order valence-corrected chi connectivity index (χ2v) is 5.57. The van der Waals surface area contributed by atoms with Crippen LogP contribution in [0.5, 0.6) is 5.75 Å². The smallest absolute Gasteiger partial charge is 0.191 e. The Bertz CT molecular complexity index is 450. The van der Waals surface area contributed by atoms with Gasteiger partial charge >= 0.3 is 0 Å². The number of aliphatic imine (C=N–C) groups is 1. The van der Waals surface area contributed by atoms with Gasteiger partial charge in [-0.25, -0.2) is 0 Å². The van der Waals surface area contributed by atoms with Gasteiger partial charge in [-0.05, 0) is 31.9 Å². The van der Waals surface area contributed by atoms with Crippen molar-refractivity contribution < 1.29 is 9.84 Å². The zero-order valence-corrected chi connectivity index (χ0v) is 13.3. The molecular formula is C17H27N3O2. The molecule has 0 amide bonds. The van der Waals surface area contributed by atoms with Crippen LogP contribution in [-0.2, 0) is 0 Å². The van der Waals surface area contributed by atoms with E-state index in [-0.39, 0.29) is 6.10 Å². The Labute approximate surface area is 132 Å². The molecule has 5 nitrogen and oxygen atoms in total. The molecule has 5 heteroatoms. The Balaban J connectivity index is 1.71. The molecule has 0 spiro atoms. The van der Waals surface area contributed by atoms with Gasteiger partial charge in [0.15, 0.2) is 5.96 Å². The summed E-state index contributed by atoms with van der Waals surface area (Å²) < 4.78 is 5.64. The van der Waals surface area contributed by atoms with E-state index in [1.54, 1.807) is 0 Å². The number of aliphatic hydroxyl groups excluding tert-OH is 1. The van der Waals surface area contributed by atoms with E-state index in [0.717, 1.165) is 37.5 Å². The summed E-state index contributed by atoms with van der Waals surface area (Å²) in [7, 11) is 0. The number of benzene rings is 1. The lowest BCUT2D eigenvalue weighted by Gasteiger charge is -2.15. The average Bonchev–Trinajstić information content (AvgIpc) is 2.95. The fourth-order valence-electron chi connectivity index (χ4n) is 2.64. The lowest BCUT2D eigenvalue weighted by Crippen LogP contribution is -2.39. The van der Waals surface area contributed by atoms with Crippen molar-refractivity contribution in [1.82, 2.24) is 10.6 Å². The van der Waals surface area contributed by atoms with Gasteiger partial charge in [0, 0.05) is 19.0 Å². The largest absolute Gasteiger partial charge is 0.492 e. The molecule has 1 aliphatic carbocycles. The monoisotopic (exact) mass is 305 g/mol. The number of rotatable bonds is 7. The summed E-state index contributed by atoms with van der Waals surface area (Å²) in [5.74, 6) is 1.97. The SMILES string of the molecule is CCNC(=NCC1CCCC1O)NCCOc1ccccc1. The van der Waals surface area contributed by atoms with Crippen LogP contribution in [0.2, 0.25) is 0 Å². The molecule has 0 aliphatic heterocycles. The third-order valence-electron chi connectivity index (χ3n) is 3.85. The van der Waals surface area contributed by atoms with Crippen LogP contribution in [0.4, 0.5) is 0 Å². The minimum atomic E-state index is -0.187. The van der Waals surface area contributed by atoms with Gasteiger partial charge in [-0.2, -0.15) is 0 Å². The van der Waals surface area contributed by atoms with E-state index in [2.05, 4.69) is 15.6 Å². The van der Waals surface area contributed by atoms with Crippen molar-refractivity contribution >= 4 is 5.96 Å². The minimum Gasteiger partial charge on any atom is -0.492 e. The maximum Gasteiger partial charge on any atom is 0.191 e. The summed E-state index contributed by atoms with van der Waals surface area (Å²) >= 11 is 0. The quantitative estimate of drug-likeness (QED) is 0.408. The van der Waals surface area contributed by atoms with Crippen molar-refractivity contribution in [2.75, 3.05) is 26.2 Å². The van der Waals surface area contributed by atoms with Crippen LogP contribution >= 0.6 is 0 Å². The van der Waals surface area contributed by atoms with Crippen molar-refractivity contribution in [3.8, 4) is 5.75 Å². The van der Waals surface area contributed by atoms with Crippen molar-refractivity contribution in [2.24, 2.45) is 10.9 Å². The van der Waals surface area contributed by atoms with Crippen LogP contribution in [0.15, 0.2) is 35.3 Å². The van der Waals surface area contributed by atoms with Crippen molar-refractivity contribution in [3.63, 3.8) is 0 Å². The fraction of sp³-hybridized carbons (Fsp3) is 0.588. The molecular weight excluding hydrogens is 278 g/mol. The Morgan fingerprint density at radius 3 is 2.77 bits per heavy atom. The van der Waals surface area contributed by atoms with Crippen LogP contribution in [0.3, 0.4) is 0 Å². The molecule has 122 valence electrons. The molecule has 1 aromatic rings. The summed E-state index contributed by atoms with van der Waals surface area (Å²) in [4.78, 5) is 4.57. The molecule has 3 N–H and O–H groups in total. The van der Waals surface area contributed by atoms with Crippen LogP contribution in [-0.4, -0.2) is 43.4 Å². The topological polar surface area (TPSA) is 65.9 Å². The van der Waals surface area contributed by atoms with E-state index in [9.17, 15) is 5.11 Å². The zero-order valence-electron chi connectivity index (χ0n) is 13.3. The predicted octanol–water partition coefficient (Wildman–Crippen LogP) is 1.78. The number of nitrogens with one attached hydrogen (secondary N) is 2. The third-order valence-corrected chi connectivity index (χ3v) is 3.85. The van der Waals surface area contributed by atoms with E-state index in [0.29, 0.717) is 25.6 Å². The number of guanidine groups is 1. The van der Waals surface area contributed by atoms with Gasteiger partial charge in [0.05, 0.1) is 12.6 Å². The maximum atomic E-state index is 9.84. The standard InChI is InChI=1S/C17H27N3O2/c1-2-18-17(20-13-14-7-6-10-16(14)21)19-11-12-22-15-8-4-3-5-9-15/h3-5,8-9,14,16,21H,2,6-7,10-13H2,1H3,(H2,18,19,20). The number of nitrogens with zero attached hydrogens (tertiary/aromatic N) is 1. The molecule has 2 rings (SSSR count). The molecule has 0 heterocycles. The summed E-state index contributed by atoms with van der Waals surface area (Å²) in [6, 6.07) is 9.78. The molecule has 22 heavy (non-hydrogen) atoms. The van der Waals surface area contributed by atoms with Crippen LogP contribution in [0.1, 0.15) is 26.2 Å². The van der Waals surface area contributed by atoms with Gasteiger partial charge in [0.1, 0.15) is 12.4 Å². The van der Waals surface area contributed by atoms with Crippen molar-refractivity contribution in [1.29, 1.82) is 0 Å². The van der Waals surface area contributed by atoms with Crippen LogP contribution in [0.25, 0.3) is 0 Å². The van der Waals surface area contributed by atoms with Gasteiger partial charge in [-0.15, -0.1) is 0 Å². The third kappa shape index (κ3) is 5.56. The Morgan fingerprint density at radius 1 is 1.27 bits per heavy atom. The van der Waals surface area contributed by atoms with Gasteiger partial charge < -0.3 is 20.5 Å². The lowest BCUT2D eigenvalue weighted by molar-refractivity contribution is 0.136. The normalized spacial score (nSPS) is 21.6. The molecule has 2 atom stereocenters. The first-order chi connectivity index (χ1) is 10.8. The molecule has 0 bridgehead atoms. The van der Waals surface area contributed by atoms with Gasteiger partial charge in [0.2, 0.25) is 0 Å². The second kappa shape index (κ2) is 9.30. The van der Waals surface area contributed by atoms with E-state index >= 15 is 0 Å². The first-order valence-corrected chi connectivity index (χ1v) is 8.17. The first kappa shape index (κ1) is 16.6. The van der Waals surface area contributed by atoms with Crippen molar-refractivity contribution in [3.05, 3.63) is 30.3 Å². The fourth-order valence-corrected chi connectivity index (χ4v) is 2.64. The number of hydrogen-bond acceptors (Lipinski definition) is 3. The highest BCUT2D eigenvalue weighted by atomic mass is 16.5. The highest BCUT2D eigenvalue weighted by molar-refractivity contribution is 5.79. The van der Waals surface area contributed by atoms with Gasteiger partial charge in [0.25, 0.3) is 0 Å².